The number of hydrogen-bond donors (Lipinski definition) is 1. The molecule has 2 aromatic rings. The number of hydrogen-bond acceptors (Lipinski definition) is 4. The molecular formula is C14H16ClN3S. The van der Waals surface area contributed by atoms with E-state index in [4.69, 9.17) is 11.6 Å². The summed E-state index contributed by atoms with van der Waals surface area (Å²) in [5.41, 5.74) is 2.36. The van der Waals surface area contributed by atoms with E-state index >= 15 is 0 Å². The Kier molecular flexibility index (Phi) is 3.89. The van der Waals surface area contributed by atoms with Gasteiger partial charge in [-0.1, -0.05) is 11.6 Å². The van der Waals surface area contributed by atoms with Crippen molar-refractivity contribution in [3.63, 3.8) is 0 Å². The summed E-state index contributed by atoms with van der Waals surface area (Å²) >= 11 is 7.32. The predicted molar refractivity (Wildman–Crippen MR) is 82.9 cm³/mol. The third kappa shape index (κ3) is 3.19. The van der Waals surface area contributed by atoms with Gasteiger partial charge in [0.05, 0.1) is 0 Å². The number of thiazole rings is 1. The zero-order valence-corrected chi connectivity index (χ0v) is 12.2. The summed E-state index contributed by atoms with van der Waals surface area (Å²) in [6.45, 7) is 2.35. The van der Waals surface area contributed by atoms with Crippen LogP contribution >= 0.6 is 22.9 Å². The fourth-order valence-corrected chi connectivity index (χ4v) is 3.20. The van der Waals surface area contributed by atoms with Gasteiger partial charge < -0.3 is 10.2 Å². The first kappa shape index (κ1) is 12.8. The molecule has 1 saturated heterocycles. The van der Waals surface area contributed by atoms with Crippen LogP contribution in [-0.2, 0) is 0 Å². The topological polar surface area (TPSA) is 28.2 Å². The van der Waals surface area contributed by atoms with Crippen LogP contribution in [0.15, 0.2) is 29.6 Å². The van der Waals surface area contributed by atoms with E-state index in [1.54, 1.807) is 0 Å². The van der Waals surface area contributed by atoms with E-state index in [9.17, 15) is 0 Å². The largest absolute Gasteiger partial charge is 0.372 e. The molecule has 5 heteroatoms. The fourth-order valence-electron chi connectivity index (χ4n) is 2.34. The molecule has 3 nitrogen and oxygen atoms in total. The molecule has 0 spiro atoms. The smallest absolute Gasteiger partial charge is 0.188 e. The standard InChI is InChI=1S/C14H16ClN3S/c15-13-10-19-14(17-13)16-11-4-6-12(7-5-11)18-8-2-1-3-9-18/h4-7,10H,1-3,8-9H2,(H,16,17). The van der Waals surface area contributed by atoms with Crippen molar-refractivity contribution in [1.29, 1.82) is 0 Å². The molecule has 0 unspecified atom stereocenters. The third-order valence-electron chi connectivity index (χ3n) is 3.32. The van der Waals surface area contributed by atoms with Crippen molar-refractivity contribution < 1.29 is 0 Å². The van der Waals surface area contributed by atoms with Gasteiger partial charge in [-0.15, -0.1) is 11.3 Å². The molecule has 2 heterocycles. The van der Waals surface area contributed by atoms with Gasteiger partial charge in [0, 0.05) is 29.8 Å². The lowest BCUT2D eigenvalue weighted by Gasteiger charge is -2.28. The molecule has 0 bridgehead atoms. The van der Waals surface area contributed by atoms with Crippen LogP contribution in [0.1, 0.15) is 19.3 Å². The Morgan fingerprint density at radius 2 is 1.84 bits per heavy atom. The maximum Gasteiger partial charge on any atom is 0.188 e. The number of benzene rings is 1. The minimum Gasteiger partial charge on any atom is -0.372 e. The van der Waals surface area contributed by atoms with E-state index < -0.39 is 0 Å². The fraction of sp³-hybridized carbons (Fsp3) is 0.357. The van der Waals surface area contributed by atoms with E-state index in [1.807, 2.05) is 5.38 Å². The lowest BCUT2D eigenvalue weighted by Crippen LogP contribution is -2.29. The summed E-state index contributed by atoms with van der Waals surface area (Å²) in [6, 6.07) is 8.53. The summed E-state index contributed by atoms with van der Waals surface area (Å²) in [7, 11) is 0. The van der Waals surface area contributed by atoms with Crippen LogP contribution in [0.25, 0.3) is 0 Å². The quantitative estimate of drug-likeness (QED) is 0.901. The Morgan fingerprint density at radius 1 is 1.11 bits per heavy atom. The molecule has 0 atom stereocenters. The number of halogens is 1. The van der Waals surface area contributed by atoms with Crippen molar-refractivity contribution in [1.82, 2.24) is 4.98 Å². The molecule has 1 aromatic carbocycles. The predicted octanol–water partition coefficient (Wildman–Crippen LogP) is 4.53. The Balaban J connectivity index is 1.68. The maximum absolute atomic E-state index is 5.81. The lowest BCUT2D eigenvalue weighted by molar-refractivity contribution is 0.578. The Hall–Kier alpha value is -1.26. The Labute approximate surface area is 122 Å². The average Bonchev–Trinajstić information content (AvgIpc) is 2.86. The van der Waals surface area contributed by atoms with E-state index in [1.165, 1.54) is 49.4 Å². The van der Waals surface area contributed by atoms with Gasteiger partial charge >= 0.3 is 0 Å². The van der Waals surface area contributed by atoms with Crippen molar-refractivity contribution in [2.24, 2.45) is 0 Å². The minimum atomic E-state index is 0.539. The number of anilines is 3. The molecule has 1 aliphatic heterocycles. The number of nitrogens with one attached hydrogen (secondary N) is 1. The zero-order chi connectivity index (χ0) is 13.1. The van der Waals surface area contributed by atoms with E-state index in [0.717, 1.165) is 10.8 Å². The highest BCUT2D eigenvalue weighted by Gasteiger charge is 2.10. The van der Waals surface area contributed by atoms with E-state index in [2.05, 4.69) is 39.5 Å². The first-order chi connectivity index (χ1) is 9.31. The normalized spacial score (nSPS) is 15.5. The zero-order valence-electron chi connectivity index (χ0n) is 10.6. The molecular weight excluding hydrogens is 278 g/mol. The summed E-state index contributed by atoms with van der Waals surface area (Å²) in [6.07, 6.45) is 3.97. The molecule has 19 heavy (non-hydrogen) atoms. The van der Waals surface area contributed by atoms with Gasteiger partial charge in [-0.3, -0.25) is 0 Å². The monoisotopic (exact) mass is 293 g/mol. The second-order valence-electron chi connectivity index (χ2n) is 4.69. The van der Waals surface area contributed by atoms with Gasteiger partial charge in [0.25, 0.3) is 0 Å². The average molecular weight is 294 g/mol. The molecule has 0 radical (unpaired) electrons. The highest BCUT2D eigenvalue weighted by molar-refractivity contribution is 7.14. The molecule has 1 N–H and O–H groups in total. The van der Waals surface area contributed by atoms with Crippen molar-refractivity contribution in [3.05, 3.63) is 34.8 Å². The minimum absolute atomic E-state index is 0.539. The van der Waals surface area contributed by atoms with Crippen LogP contribution in [0.5, 0.6) is 0 Å². The van der Waals surface area contributed by atoms with Gasteiger partial charge in [0.15, 0.2) is 5.13 Å². The van der Waals surface area contributed by atoms with Crippen LogP contribution in [0, 0.1) is 0 Å². The molecule has 1 fully saturated rings. The second-order valence-corrected chi connectivity index (χ2v) is 5.94. The SMILES string of the molecule is Clc1csc(Nc2ccc(N3CCCCC3)cc2)n1. The van der Waals surface area contributed by atoms with Gasteiger partial charge in [0.1, 0.15) is 5.15 Å². The molecule has 0 amide bonds. The van der Waals surface area contributed by atoms with Crippen LogP contribution in [0.4, 0.5) is 16.5 Å². The summed E-state index contributed by atoms with van der Waals surface area (Å²) in [4.78, 5) is 6.63. The molecule has 1 aromatic heterocycles. The molecule has 3 rings (SSSR count). The molecule has 0 aliphatic carbocycles. The Bertz CT molecular complexity index is 532. The summed E-state index contributed by atoms with van der Waals surface area (Å²) in [5, 5.41) is 6.45. The van der Waals surface area contributed by atoms with Crippen molar-refractivity contribution in [2.45, 2.75) is 19.3 Å². The summed E-state index contributed by atoms with van der Waals surface area (Å²) < 4.78 is 0. The van der Waals surface area contributed by atoms with Crippen LogP contribution in [-0.4, -0.2) is 18.1 Å². The number of rotatable bonds is 3. The van der Waals surface area contributed by atoms with Crippen molar-refractivity contribution in [3.8, 4) is 0 Å². The first-order valence-corrected chi connectivity index (χ1v) is 7.80. The highest BCUT2D eigenvalue weighted by Crippen LogP contribution is 2.26. The van der Waals surface area contributed by atoms with Crippen molar-refractivity contribution in [2.75, 3.05) is 23.3 Å². The Morgan fingerprint density at radius 3 is 2.47 bits per heavy atom. The van der Waals surface area contributed by atoms with Crippen LogP contribution in [0.2, 0.25) is 5.15 Å². The first-order valence-electron chi connectivity index (χ1n) is 6.54. The van der Waals surface area contributed by atoms with Gasteiger partial charge in [-0.2, -0.15) is 0 Å². The molecule has 1 aliphatic rings. The maximum atomic E-state index is 5.81. The van der Waals surface area contributed by atoms with Gasteiger partial charge in [-0.25, -0.2) is 4.98 Å². The van der Waals surface area contributed by atoms with Crippen LogP contribution < -0.4 is 10.2 Å². The summed E-state index contributed by atoms with van der Waals surface area (Å²) in [5.74, 6) is 0. The molecule has 0 saturated carbocycles. The van der Waals surface area contributed by atoms with Gasteiger partial charge in [-0.05, 0) is 43.5 Å². The second kappa shape index (κ2) is 5.80. The van der Waals surface area contributed by atoms with Gasteiger partial charge in [0.2, 0.25) is 0 Å². The van der Waals surface area contributed by atoms with E-state index in [-0.39, 0.29) is 0 Å². The lowest BCUT2D eigenvalue weighted by atomic mass is 10.1. The van der Waals surface area contributed by atoms with E-state index in [0.29, 0.717) is 5.15 Å². The third-order valence-corrected chi connectivity index (χ3v) is 4.40. The number of piperidine rings is 1. The van der Waals surface area contributed by atoms with Crippen molar-refractivity contribution >= 4 is 39.4 Å². The number of aromatic nitrogens is 1. The molecule has 100 valence electrons. The number of nitrogens with zero attached hydrogens (tertiary/aromatic N) is 2. The van der Waals surface area contributed by atoms with Crippen LogP contribution in [0.3, 0.4) is 0 Å². The highest BCUT2D eigenvalue weighted by atomic mass is 35.5.